The number of methoxy groups -OCH3 is 1. The van der Waals surface area contributed by atoms with Crippen molar-refractivity contribution >= 4 is 47.2 Å². The van der Waals surface area contributed by atoms with Crippen molar-refractivity contribution in [3.05, 3.63) is 73.6 Å². The molecule has 0 atom stereocenters. The summed E-state index contributed by atoms with van der Waals surface area (Å²) in [5, 5.41) is 10.7. The summed E-state index contributed by atoms with van der Waals surface area (Å²) >= 11 is 6.25. The van der Waals surface area contributed by atoms with Crippen molar-refractivity contribution in [3.8, 4) is 5.75 Å². The molecule has 206 valence electrons. The van der Waals surface area contributed by atoms with E-state index in [0.717, 1.165) is 43.2 Å². The van der Waals surface area contributed by atoms with Gasteiger partial charge in [0.15, 0.2) is 5.82 Å². The van der Waals surface area contributed by atoms with E-state index in [-0.39, 0.29) is 18.9 Å². The third-order valence-electron chi connectivity index (χ3n) is 6.13. The molecule has 3 aromatic rings. The van der Waals surface area contributed by atoms with Crippen LogP contribution in [0.5, 0.6) is 5.75 Å². The predicted molar refractivity (Wildman–Crippen MR) is 159 cm³/mol. The molecule has 8 nitrogen and oxygen atoms in total. The number of hydrogen-bond donors (Lipinski definition) is 3. The van der Waals surface area contributed by atoms with Crippen molar-refractivity contribution in [3.63, 3.8) is 0 Å². The Kier molecular flexibility index (Phi) is 13.8. The molecule has 0 amide bonds. The first-order chi connectivity index (χ1) is 18.2. The van der Waals surface area contributed by atoms with Crippen LogP contribution in [0.15, 0.2) is 48.7 Å². The monoisotopic (exact) mass is 562 g/mol. The quantitative estimate of drug-likeness (QED) is 0.208. The Labute approximate surface area is 250 Å². The van der Waals surface area contributed by atoms with E-state index in [2.05, 4.69) is 50.7 Å². The van der Waals surface area contributed by atoms with Gasteiger partial charge in [-0.1, -0.05) is 29.4 Å². The van der Waals surface area contributed by atoms with Gasteiger partial charge in [-0.05, 0) is 51.4 Å². The summed E-state index contributed by atoms with van der Waals surface area (Å²) in [6.45, 7) is 15.3. The molecule has 0 unspecified atom stereocenters. The molecular weight excluding hydrogens is 526 g/mol. The number of nitrogens with zero attached hydrogens (tertiary/aromatic N) is 3. The van der Waals surface area contributed by atoms with E-state index >= 15 is 0 Å². The molecule has 1 fully saturated rings. The molecule has 11 heteroatoms. The first kappa shape index (κ1) is 33.2. The van der Waals surface area contributed by atoms with E-state index in [9.17, 15) is 4.57 Å². The zero-order valence-electron chi connectivity index (χ0n) is 23.3. The van der Waals surface area contributed by atoms with Gasteiger partial charge in [-0.15, -0.1) is 31.3 Å². The molecule has 2 aromatic carbocycles. The van der Waals surface area contributed by atoms with E-state index in [1.54, 1.807) is 32.6 Å². The normalized spacial score (nSPS) is 13.6. The van der Waals surface area contributed by atoms with Gasteiger partial charge < -0.3 is 44.0 Å². The smallest absolute Gasteiger partial charge is 0.523 e. The third-order valence-corrected chi connectivity index (χ3v) is 7.96. The van der Waals surface area contributed by atoms with Gasteiger partial charge in [0.05, 0.1) is 19.0 Å². The zero-order valence-corrected chi connectivity index (χ0v) is 25.0. The van der Waals surface area contributed by atoms with Crippen molar-refractivity contribution in [2.45, 2.75) is 18.9 Å². The molecule has 0 saturated carbocycles. The molecule has 0 bridgehead atoms. The Hall–Kier alpha value is -2.04. The molecule has 1 aliphatic heterocycles. The fourth-order valence-corrected chi connectivity index (χ4v) is 5.40. The average molecular weight is 563 g/mol. The van der Waals surface area contributed by atoms with Crippen LogP contribution in [0.1, 0.15) is 12.8 Å². The van der Waals surface area contributed by atoms with Crippen LogP contribution >= 0.6 is 18.7 Å². The van der Waals surface area contributed by atoms with Gasteiger partial charge in [-0.3, -0.25) is 0 Å². The number of anilines is 4. The Morgan fingerprint density at radius 2 is 1.87 bits per heavy atom. The molecule has 0 radical (unpaired) electrons. The second-order valence-corrected chi connectivity index (χ2v) is 12.8. The number of hydrogen-bond acceptors (Lipinski definition) is 8. The predicted octanol–water partition coefficient (Wildman–Crippen LogP) is 2.39. The van der Waals surface area contributed by atoms with Crippen molar-refractivity contribution in [1.82, 2.24) is 20.2 Å². The fraction of sp³-hybridized carbons (Fsp3) is 0.357. The zero-order chi connectivity index (χ0) is 27.5. The number of ether oxygens (including phenoxy) is 1. The first-order valence-corrected chi connectivity index (χ1v) is 15.5. The largest absolute Gasteiger partial charge is 1.00 e. The number of nitrogens with one attached hydrogen (secondary N) is 3. The van der Waals surface area contributed by atoms with Gasteiger partial charge >= 0.3 is 18.9 Å². The Balaban J connectivity index is 0.000000375. The summed E-state index contributed by atoms with van der Waals surface area (Å²) in [6, 6.07) is 16.4. The summed E-state index contributed by atoms with van der Waals surface area (Å²) in [6.07, 6.45) is 4.02. The molecule has 4 rings (SSSR count). The van der Waals surface area contributed by atoms with Gasteiger partial charge in [0.2, 0.25) is 5.95 Å². The van der Waals surface area contributed by atoms with Crippen molar-refractivity contribution < 1.29 is 28.2 Å². The molecule has 39 heavy (non-hydrogen) atoms. The van der Waals surface area contributed by atoms with E-state index in [0.29, 0.717) is 28.2 Å². The Morgan fingerprint density at radius 1 is 1.18 bits per heavy atom. The summed E-state index contributed by atoms with van der Waals surface area (Å²) in [7, 11) is -0.888. The second-order valence-electron chi connectivity index (χ2n) is 9.17. The number of para-hydroxylation sites is 1. The van der Waals surface area contributed by atoms with Crippen LogP contribution in [0.4, 0.5) is 23.1 Å². The number of aromatic nitrogens is 2. The molecule has 2 heterocycles. The number of halogens is 1. The van der Waals surface area contributed by atoms with Gasteiger partial charge in [0, 0.05) is 17.1 Å². The second kappa shape index (κ2) is 16.3. The van der Waals surface area contributed by atoms with Crippen LogP contribution in [0.3, 0.4) is 0 Å². The molecule has 0 spiro atoms. The minimum atomic E-state index is -2.47. The van der Waals surface area contributed by atoms with Crippen molar-refractivity contribution in [1.29, 1.82) is 0 Å². The van der Waals surface area contributed by atoms with Crippen LogP contribution in [0, 0.1) is 19.9 Å². The Morgan fingerprint density at radius 3 is 2.51 bits per heavy atom. The maximum atomic E-state index is 12.5. The fourth-order valence-electron chi connectivity index (χ4n) is 4.11. The molecule has 1 saturated heterocycles. The summed E-state index contributed by atoms with van der Waals surface area (Å²) in [4.78, 5) is 11.0. The third kappa shape index (κ3) is 10.1. The summed E-state index contributed by atoms with van der Waals surface area (Å²) in [5.74, 6) is 1.39. The van der Waals surface area contributed by atoms with Crippen LogP contribution < -0.4 is 44.9 Å². The van der Waals surface area contributed by atoms with E-state index in [4.69, 9.17) is 16.3 Å². The number of piperidine rings is 1. The molecule has 0 aliphatic carbocycles. The Bertz CT molecular complexity index is 1220. The number of benzene rings is 2. The van der Waals surface area contributed by atoms with Crippen molar-refractivity contribution in [2.24, 2.45) is 0 Å². The first-order valence-electron chi connectivity index (χ1n) is 12.5. The van der Waals surface area contributed by atoms with E-state index in [1.807, 2.05) is 30.3 Å². The van der Waals surface area contributed by atoms with Crippen LogP contribution in [0.2, 0.25) is 5.02 Å². The van der Waals surface area contributed by atoms with Gasteiger partial charge in [-0.25, -0.2) is 4.98 Å². The van der Waals surface area contributed by atoms with Crippen LogP contribution in [-0.4, -0.2) is 67.5 Å². The molecular formula is C28H37ClLiN6O2P-2. The summed E-state index contributed by atoms with van der Waals surface area (Å²) < 4.78 is 17.7. The maximum absolute atomic E-state index is 12.5. The minimum absolute atomic E-state index is 0. The standard InChI is InChI=1S/C19H19ClN4O2P.C9H18N2.Li/c1-26-14-8-6-7-13(11-14)22-19-21-12-15(20)18(24-19)23-16-9-4-5-10-17(16)27(2,3)25;1-3-11(4-2)9-5-7-10-8-6-9;/h4-7,9-12H,1-3H3,(H2,21,22,23,24);9-10H,1-8H2;/q-1;-2;+1. The molecule has 1 aliphatic rings. The van der Waals surface area contributed by atoms with Crippen LogP contribution in [0.25, 0.3) is 0 Å². The average Bonchev–Trinajstić information content (AvgIpc) is 2.92. The number of rotatable bonds is 9. The molecule has 3 N–H and O–H groups in total. The van der Waals surface area contributed by atoms with Crippen LogP contribution in [-0.2, 0) is 4.57 Å². The topological polar surface area (TPSA) is 91.4 Å². The SMILES string of the molecule is COc1[c-]ccc(Nc2ncc(Cl)c(Nc3ccccc3P(C)(C)=O)n2)c1.[CH2-]CN(C[CH2-])C1CCNCC1.[Li+]. The van der Waals surface area contributed by atoms with E-state index in [1.165, 1.54) is 19.0 Å². The maximum Gasteiger partial charge on any atom is 1.00 e. The molecule has 1 aromatic heterocycles. The van der Waals surface area contributed by atoms with Gasteiger partial charge in [0.25, 0.3) is 0 Å². The van der Waals surface area contributed by atoms with E-state index < -0.39 is 7.14 Å². The minimum Gasteiger partial charge on any atom is -0.523 e. The van der Waals surface area contributed by atoms with Crippen molar-refractivity contribution in [2.75, 3.05) is 57.3 Å². The summed E-state index contributed by atoms with van der Waals surface area (Å²) in [5.41, 5.74) is 1.46. The van der Waals surface area contributed by atoms with Gasteiger partial charge in [0.1, 0.15) is 12.2 Å². The van der Waals surface area contributed by atoms with Gasteiger partial charge in [-0.2, -0.15) is 11.1 Å².